The number of hydrogen-bond donors (Lipinski definition) is 2. The molecule has 0 aliphatic carbocycles. The van der Waals surface area contributed by atoms with Crippen LogP contribution in [0, 0.1) is 0 Å². The fraction of sp³-hybridized carbons (Fsp3) is 0.462. The molecule has 0 spiro atoms. The van der Waals surface area contributed by atoms with Gasteiger partial charge in [-0.15, -0.1) is 0 Å². The molecule has 2 N–H and O–H groups in total. The van der Waals surface area contributed by atoms with Gasteiger partial charge in [-0.3, -0.25) is 4.79 Å². The predicted octanol–water partition coefficient (Wildman–Crippen LogP) is 1.19. The number of ether oxygens (including phenoxy) is 1. The average molecular weight is 235 g/mol. The van der Waals surface area contributed by atoms with Crippen LogP contribution in [0.1, 0.15) is 17.5 Å². The maximum Gasteiger partial charge on any atom is 0.307 e. The minimum Gasteiger partial charge on any atom is -0.481 e. The lowest BCUT2D eigenvalue weighted by Gasteiger charge is -2.12. The number of carboxylic acids is 1. The number of benzene rings is 1. The summed E-state index contributed by atoms with van der Waals surface area (Å²) in [6, 6.07) is 8.05. The minimum absolute atomic E-state index is 0.0824. The maximum absolute atomic E-state index is 10.7. The van der Waals surface area contributed by atoms with Crippen molar-refractivity contribution in [2.75, 3.05) is 13.2 Å². The van der Waals surface area contributed by atoms with E-state index in [1.807, 2.05) is 24.3 Å². The van der Waals surface area contributed by atoms with Crippen LogP contribution in [0.15, 0.2) is 24.3 Å². The van der Waals surface area contributed by atoms with E-state index in [-0.39, 0.29) is 6.42 Å². The van der Waals surface area contributed by atoms with Gasteiger partial charge in [-0.05, 0) is 17.5 Å². The molecule has 1 atom stereocenters. The van der Waals surface area contributed by atoms with Gasteiger partial charge in [-0.2, -0.15) is 0 Å². The molecule has 1 aliphatic rings. The summed E-state index contributed by atoms with van der Waals surface area (Å²) in [6.45, 7) is 2.27. The van der Waals surface area contributed by atoms with Crippen molar-refractivity contribution in [1.82, 2.24) is 5.32 Å². The van der Waals surface area contributed by atoms with E-state index in [2.05, 4.69) is 5.32 Å². The Morgan fingerprint density at radius 1 is 1.41 bits per heavy atom. The van der Waals surface area contributed by atoms with Crippen LogP contribution in [0.3, 0.4) is 0 Å². The molecule has 0 radical (unpaired) electrons. The Morgan fingerprint density at radius 2 is 2.18 bits per heavy atom. The highest BCUT2D eigenvalue weighted by atomic mass is 16.5. The topological polar surface area (TPSA) is 58.6 Å². The molecular formula is C13H17NO3. The van der Waals surface area contributed by atoms with Crippen LogP contribution in [0.2, 0.25) is 0 Å². The van der Waals surface area contributed by atoms with Gasteiger partial charge in [0.15, 0.2) is 0 Å². The SMILES string of the molecule is O=C(O)Cc1ccccc1CNC1CCOC1. The van der Waals surface area contributed by atoms with Crippen LogP contribution in [0.25, 0.3) is 0 Å². The Hall–Kier alpha value is -1.39. The van der Waals surface area contributed by atoms with Crippen LogP contribution in [-0.2, 0) is 22.5 Å². The van der Waals surface area contributed by atoms with E-state index in [0.717, 1.165) is 30.8 Å². The van der Waals surface area contributed by atoms with Gasteiger partial charge in [0.05, 0.1) is 13.0 Å². The third-order valence-electron chi connectivity index (χ3n) is 2.97. The summed E-state index contributed by atoms with van der Waals surface area (Å²) in [7, 11) is 0. The number of aliphatic carboxylic acids is 1. The molecule has 1 aromatic rings. The molecule has 0 amide bonds. The number of nitrogens with one attached hydrogen (secondary N) is 1. The van der Waals surface area contributed by atoms with E-state index in [1.165, 1.54) is 0 Å². The lowest BCUT2D eigenvalue weighted by molar-refractivity contribution is -0.136. The summed E-state index contributed by atoms with van der Waals surface area (Å²) >= 11 is 0. The molecule has 1 aliphatic heterocycles. The van der Waals surface area contributed by atoms with Gasteiger partial charge in [0.2, 0.25) is 0 Å². The number of rotatable bonds is 5. The van der Waals surface area contributed by atoms with E-state index < -0.39 is 5.97 Å². The van der Waals surface area contributed by atoms with Gasteiger partial charge in [-0.1, -0.05) is 24.3 Å². The summed E-state index contributed by atoms with van der Waals surface area (Å²) in [5, 5.41) is 12.2. The third kappa shape index (κ3) is 3.54. The van der Waals surface area contributed by atoms with Crippen LogP contribution >= 0.6 is 0 Å². The Bertz CT molecular complexity index is 386. The van der Waals surface area contributed by atoms with Crippen LogP contribution in [-0.4, -0.2) is 30.3 Å². The molecule has 0 saturated carbocycles. The van der Waals surface area contributed by atoms with E-state index in [4.69, 9.17) is 9.84 Å². The molecular weight excluding hydrogens is 218 g/mol. The molecule has 0 aromatic heterocycles. The highest BCUT2D eigenvalue weighted by molar-refractivity contribution is 5.70. The average Bonchev–Trinajstić information content (AvgIpc) is 2.80. The van der Waals surface area contributed by atoms with Gasteiger partial charge in [0.25, 0.3) is 0 Å². The van der Waals surface area contributed by atoms with Gasteiger partial charge < -0.3 is 15.2 Å². The van der Waals surface area contributed by atoms with E-state index in [0.29, 0.717) is 12.6 Å². The number of carboxylic acid groups (broad SMARTS) is 1. The molecule has 4 heteroatoms. The Labute approximate surface area is 101 Å². The quantitative estimate of drug-likeness (QED) is 0.805. The number of carbonyl (C=O) groups is 1. The summed E-state index contributed by atoms with van der Waals surface area (Å²) in [6.07, 6.45) is 1.11. The first-order chi connectivity index (χ1) is 8.25. The highest BCUT2D eigenvalue weighted by Crippen LogP contribution is 2.11. The first-order valence-electron chi connectivity index (χ1n) is 5.85. The Morgan fingerprint density at radius 3 is 2.82 bits per heavy atom. The van der Waals surface area contributed by atoms with Crippen molar-refractivity contribution >= 4 is 5.97 Å². The summed E-state index contributed by atoms with van der Waals surface area (Å²) in [5.41, 5.74) is 1.94. The molecule has 1 saturated heterocycles. The van der Waals surface area contributed by atoms with Crippen molar-refractivity contribution in [2.24, 2.45) is 0 Å². The Balaban J connectivity index is 1.96. The normalized spacial score (nSPS) is 19.4. The van der Waals surface area contributed by atoms with Crippen LogP contribution in [0.5, 0.6) is 0 Å². The first-order valence-corrected chi connectivity index (χ1v) is 5.85. The van der Waals surface area contributed by atoms with Gasteiger partial charge >= 0.3 is 5.97 Å². The smallest absolute Gasteiger partial charge is 0.307 e. The van der Waals surface area contributed by atoms with Gasteiger partial charge in [0.1, 0.15) is 0 Å². The second-order valence-electron chi connectivity index (χ2n) is 4.28. The standard InChI is InChI=1S/C13H17NO3/c15-13(16)7-10-3-1-2-4-11(10)8-14-12-5-6-17-9-12/h1-4,12,14H,5-9H2,(H,15,16). The maximum atomic E-state index is 10.7. The fourth-order valence-corrected chi connectivity index (χ4v) is 2.02. The van der Waals surface area contributed by atoms with Gasteiger partial charge in [-0.25, -0.2) is 0 Å². The zero-order valence-corrected chi connectivity index (χ0v) is 9.69. The first kappa shape index (κ1) is 12.1. The van der Waals surface area contributed by atoms with Crippen molar-refractivity contribution in [3.63, 3.8) is 0 Å². The molecule has 1 heterocycles. The lowest BCUT2D eigenvalue weighted by Crippen LogP contribution is -2.29. The fourth-order valence-electron chi connectivity index (χ4n) is 2.02. The largest absolute Gasteiger partial charge is 0.481 e. The summed E-state index contributed by atoms with van der Waals surface area (Å²) in [4.78, 5) is 10.7. The zero-order chi connectivity index (χ0) is 12.1. The molecule has 4 nitrogen and oxygen atoms in total. The van der Waals surface area contributed by atoms with Crippen molar-refractivity contribution in [3.8, 4) is 0 Å². The molecule has 1 unspecified atom stereocenters. The van der Waals surface area contributed by atoms with Crippen LogP contribution in [0.4, 0.5) is 0 Å². The molecule has 17 heavy (non-hydrogen) atoms. The highest BCUT2D eigenvalue weighted by Gasteiger charge is 2.15. The minimum atomic E-state index is -0.790. The molecule has 2 rings (SSSR count). The van der Waals surface area contributed by atoms with E-state index in [1.54, 1.807) is 0 Å². The summed E-state index contributed by atoms with van der Waals surface area (Å²) in [5.74, 6) is -0.790. The summed E-state index contributed by atoms with van der Waals surface area (Å²) < 4.78 is 5.28. The van der Waals surface area contributed by atoms with Crippen molar-refractivity contribution in [3.05, 3.63) is 35.4 Å². The lowest BCUT2D eigenvalue weighted by atomic mass is 10.0. The van der Waals surface area contributed by atoms with Crippen molar-refractivity contribution < 1.29 is 14.6 Å². The third-order valence-corrected chi connectivity index (χ3v) is 2.97. The van der Waals surface area contributed by atoms with Gasteiger partial charge in [0, 0.05) is 19.2 Å². The van der Waals surface area contributed by atoms with Crippen LogP contribution < -0.4 is 5.32 Å². The zero-order valence-electron chi connectivity index (χ0n) is 9.69. The van der Waals surface area contributed by atoms with E-state index in [9.17, 15) is 4.79 Å². The molecule has 0 bridgehead atoms. The van der Waals surface area contributed by atoms with Crippen molar-refractivity contribution in [1.29, 1.82) is 0 Å². The predicted molar refractivity (Wildman–Crippen MR) is 63.8 cm³/mol. The second-order valence-corrected chi connectivity index (χ2v) is 4.28. The second kappa shape index (κ2) is 5.80. The van der Waals surface area contributed by atoms with E-state index >= 15 is 0 Å². The molecule has 92 valence electrons. The molecule has 1 fully saturated rings. The molecule has 1 aromatic carbocycles. The Kier molecular flexibility index (Phi) is 4.12. The number of hydrogen-bond acceptors (Lipinski definition) is 3. The monoisotopic (exact) mass is 235 g/mol. The van der Waals surface area contributed by atoms with Crippen molar-refractivity contribution in [2.45, 2.75) is 25.4 Å².